The van der Waals surface area contributed by atoms with E-state index in [-0.39, 0.29) is 5.82 Å². The van der Waals surface area contributed by atoms with Crippen molar-refractivity contribution >= 4 is 17.0 Å². The number of halogens is 1. The van der Waals surface area contributed by atoms with Crippen LogP contribution in [0.25, 0.3) is 11.2 Å². The van der Waals surface area contributed by atoms with Crippen LogP contribution in [-0.4, -0.2) is 40.8 Å². The number of rotatable bonds is 6. The summed E-state index contributed by atoms with van der Waals surface area (Å²) in [7, 11) is 4.71. The number of benzene rings is 1. The van der Waals surface area contributed by atoms with Crippen molar-refractivity contribution in [2.75, 3.05) is 27.1 Å². The number of nitrogen functional groups attached to an aromatic ring is 1. The van der Waals surface area contributed by atoms with Crippen molar-refractivity contribution in [3.8, 4) is 17.2 Å². The van der Waals surface area contributed by atoms with Gasteiger partial charge in [-0.15, -0.1) is 0 Å². The fourth-order valence-electron chi connectivity index (χ4n) is 3.21. The number of anilines is 1. The standard InChI is InChI=1S/C18H22FN5O3/c1-6-24-12(21-13-16(20)22-18(19)23-17(13)24)8-10-7-11(25-3)15(27-5)14(26-4)9(10)2/h7H,6,8H2,1-5H3,(H2,20,22,23). The minimum absolute atomic E-state index is 0.0209. The maximum Gasteiger partial charge on any atom is 0.312 e. The highest BCUT2D eigenvalue weighted by atomic mass is 19.1. The van der Waals surface area contributed by atoms with Gasteiger partial charge in [-0.1, -0.05) is 0 Å². The van der Waals surface area contributed by atoms with Gasteiger partial charge in [-0.2, -0.15) is 14.4 Å². The number of nitrogens with two attached hydrogens (primary N) is 1. The van der Waals surface area contributed by atoms with Gasteiger partial charge >= 0.3 is 6.08 Å². The van der Waals surface area contributed by atoms with E-state index in [0.717, 1.165) is 11.1 Å². The smallest absolute Gasteiger partial charge is 0.312 e. The lowest BCUT2D eigenvalue weighted by atomic mass is 10.0. The summed E-state index contributed by atoms with van der Waals surface area (Å²) in [6, 6.07) is 1.88. The van der Waals surface area contributed by atoms with Gasteiger partial charge in [-0.3, -0.25) is 0 Å². The number of hydrogen-bond acceptors (Lipinski definition) is 7. The first-order chi connectivity index (χ1) is 12.9. The van der Waals surface area contributed by atoms with Gasteiger partial charge in [0.25, 0.3) is 0 Å². The second-order valence-electron chi connectivity index (χ2n) is 5.93. The Bertz CT molecular complexity index is 1000. The summed E-state index contributed by atoms with van der Waals surface area (Å²) in [6.07, 6.45) is -0.418. The minimum atomic E-state index is -0.870. The Labute approximate surface area is 156 Å². The van der Waals surface area contributed by atoms with E-state index >= 15 is 0 Å². The van der Waals surface area contributed by atoms with E-state index in [9.17, 15) is 4.39 Å². The zero-order chi connectivity index (χ0) is 19.7. The van der Waals surface area contributed by atoms with Gasteiger partial charge in [-0.25, -0.2) is 4.98 Å². The molecule has 0 bridgehead atoms. The van der Waals surface area contributed by atoms with Gasteiger partial charge in [-0.05, 0) is 31.0 Å². The number of aryl methyl sites for hydroxylation is 1. The first-order valence-electron chi connectivity index (χ1n) is 8.41. The molecule has 2 N–H and O–H groups in total. The fraction of sp³-hybridized carbons (Fsp3) is 0.389. The molecule has 0 aliphatic heterocycles. The Morgan fingerprint density at radius 1 is 1.07 bits per heavy atom. The van der Waals surface area contributed by atoms with Crippen LogP contribution in [0.1, 0.15) is 23.9 Å². The van der Waals surface area contributed by atoms with Crippen molar-refractivity contribution in [2.24, 2.45) is 0 Å². The first kappa shape index (κ1) is 18.7. The number of methoxy groups -OCH3 is 3. The Hall–Kier alpha value is -3.10. The van der Waals surface area contributed by atoms with Gasteiger partial charge in [0, 0.05) is 13.0 Å². The summed E-state index contributed by atoms with van der Waals surface area (Å²) in [4.78, 5) is 12.0. The van der Waals surface area contributed by atoms with Crippen LogP contribution >= 0.6 is 0 Å². The maximum atomic E-state index is 13.6. The second kappa shape index (κ2) is 7.26. The highest BCUT2D eigenvalue weighted by Gasteiger charge is 2.21. The summed E-state index contributed by atoms with van der Waals surface area (Å²) in [6.45, 7) is 4.43. The molecule has 0 saturated heterocycles. The molecule has 0 radical (unpaired) electrons. The van der Waals surface area contributed by atoms with Crippen LogP contribution in [-0.2, 0) is 13.0 Å². The van der Waals surface area contributed by atoms with E-state index in [1.807, 2.05) is 24.5 Å². The molecule has 0 aliphatic carbocycles. The maximum absolute atomic E-state index is 13.6. The summed E-state index contributed by atoms with van der Waals surface area (Å²) in [5.74, 6) is 2.39. The molecule has 3 aromatic rings. The van der Waals surface area contributed by atoms with E-state index in [4.69, 9.17) is 19.9 Å². The fourth-order valence-corrected chi connectivity index (χ4v) is 3.21. The monoisotopic (exact) mass is 375 g/mol. The number of aromatic nitrogens is 4. The number of ether oxygens (including phenoxy) is 3. The molecule has 0 fully saturated rings. The third kappa shape index (κ3) is 3.09. The Kier molecular flexibility index (Phi) is 5.02. The summed E-state index contributed by atoms with van der Waals surface area (Å²) in [5, 5.41) is 0. The highest BCUT2D eigenvalue weighted by Crippen LogP contribution is 2.42. The summed E-state index contributed by atoms with van der Waals surface area (Å²) in [5.41, 5.74) is 8.42. The molecule has 1 aromatic carbocycles. The molecular weight excluding hydrogens is 353 g/mol. The predicted octanol–water partition coefficient (Wildman–Crippen LogP) is 2.49. The molecule has 2 heterocycles. The molecular formula is C18H22FN5O3. The van der Waals surface area contributed by atoms with Crippen LogP contribution in [0.5, 0.6) is 17.2 Å². The van der Waals surface area contributed by atoms with Crippen molar-refractivity contribution in [1.29, 1.82) is 0 Å². The summed E-state index contributed by atoms with van der Waals surface area (Å²) >= 11 is 0. The molecule has 0 spiro atoms. The zero-order valence-corrected chi connectivity index (χ0v) is 16.0. The Morgan fingerprint density at radius 2 is 1.78 bits per heavy atom. The SMILES string of the molecule is CCn1c(Cc2cc(OC)c(OC)c(OC)c2C)nc2c(N)nc(F)nc21. The van der Waals surface area contributed by atoms with Gasteiger partial charge in [0.1, 0.15) is 5.82 Å². The van der Waals surface area contributed by atoms with E-state index in [1.54, 1.807) is 21.3 Å². The molecule has 2 aromatic heterocycles. The zero-order valence-electron chi connectivity index (χ0n) is 16.0. The van der Waals surface area contributed by atoms with Crippen molar-refractivity contribution in [2.45, 2.75) is 26.8 Å². The van der Waals surface area contributed by atoms with Crippen LogP contribution in [0.2, 0.25) is 0 Å². The van der Waals surface area contributed by atoms with Gasteiger partial charge in [0.15, 0.2) is 28.5 Å². The molecule has 0 saturated carbocycles. The Balaban J connectivity index is 2.17. The van der Waals surface area contributed by atoms with E-state index < -0.39 is 6.08 Å². The quantitative estimate of drug-likeness (QED) is 0.661. The van der Waals surface area contributed by atoms with Gasteiger partial charge in [0.05, 0.1) is 21.3 Å². The minimum Gasteiger partial charge on any atom is -0.493 e. The topological polar surface area (TPSA) is 97.3 Å². The van der Waals surface area contributed by atoms with Crippen molar-refractivity contribution in [1.82, 2.24) is 19.5 Å². The van der Waals surface area contributed by atoms with Crippen molar-refractivity contribution in [3.05, 3.63) is 29.1 Å². The lowest BCUT2D eigenvalue weighted by Crippen LogP contribution is -2.07. The number of hydrogen-bond donors (Lipinski definition) is 1. The molecule has 0 unspecified atom stereocenters. The third-order valence-electron chi connectivity index (χ3n) is 4.52. The third-order valence-corrected chi connectivity index (χ3v) is 4.52. The van der Waals surface area contributed by atoms with Crippen LogP contribution in [0.4, 0.5) is 10.2 Å². The molecule has 3 rings (SSSR count). The van der Waals surface area contributed by atoms with Crippen molar-refractivity contribution < 1.29 is 18.6 Å². The molecule has 9 heteroatoms. The van der Waals surface area contributed by atoms with Gasteiger partial charge in [0.2, 0.25) is 5.75 Å². The van der Waals surface area contributed by atoms with E-state index in [1.165, 1.54) is 0 Å². The van der Waals surface area contributed by atoms with Gasteiger partial charge < -0.3 is 24.5 Å². The lowest BCUT2D eigenvalue weighted by Gasteiger charge is -2.17. The van der Waals surface area contributed by atoms with Crippen LogP contribution < -0.4 is 19.9 Å². The summed E-state index contributed by atoms with van der Waals surface area (Å²) < 4.78 is 31.8. The predicted molar refractivity (Wildman–Crippen MR) is 99.0 cm³/mol. The molecule has 0 atom stereocenters. The highest BCUT2D eigenvalue weighted by molar-refractivity contribution is 5.82. The first-order valence-corrected chi connectivity index (χ1v) is 8.41. The van der Waals surface area contributed by atoms with Crippen molar-refractivity contribution in [3.63, 3.8) is 0 Å². The van der Waals surface area contributed by atoms with Crippen LogP contribution in [0.3, 0.4) is 0 Å². The molecule has 8 nitrogen and oxygen atoms in total. The number of imidazole rings is 1. The normalized spacial score (nSPS) is 11.0. The molecule has 27 heavy (non-hydrogen) atoms. The lowest BCUT2D eigenvalue weighted by molar-refractivity contribution is 0.322. The van der Waals surface area contributed by atoms with Crippen LogP contribution in [0, 0.1) is 13.0 Å². The number of fused-ring (bicyclic) bond motifs is 1. The van der Waals surface area contributed by atoms with E-state index in [2.05, 4.69) is 15.0 Å². The largest absolute Gasteiger partial charge is 0.493 e. The number of nitrogens with zero attached hydrogens (tertiary/aromatic N) is 4. The van der Waals surface area contributed by atoms with Crippen LogP contribution in [0.15, 0.2) is 6.07 Å². The second-order valence-corrected chi connectivity index (χ2v) is 5.93. The molecule has 0 amide bonds. The average Bonchev–Trinajstić information content (AvgIpc) is 3.00. The molecule has 0 aliphatic rings. The molecule has 144 valence electrons. The van der Waals surface area contributed by atoms with E-state index in [0.29, 0.717) is 47.2 Å². The Morgan fingerprint density at radius 3 is 2.37 bits per heavy atom. The average molecular weight is 375 g/mol.